The van der Waals surface area contributed by atoms with E-state index in [-0.39, 0.29) is 50.7 Å². The Morgan fingerprint density at radius 3 is 1.34 bits per heavy atom. The van der Waals surface area contributed by atoms with Crippen molar-refractivity contribution < 1.29 is 95.1 Å². The maximum atomic E-state index is 11.8. The fourth-order valence-corrected chi connectivity index (χ4v) is 7.00. The molecule has 2 aliphatic heterocycles. The normalized spacial score (nSPS) is 14.7. The minimum atomic E-state index is -4.11. The number of hydrogen-bond donors (Lipinski definition) is 4. The van der Waals surface area contributed by atoms with E-state index < -0.39 is 79.0 Å². The van der Waals surface area contributed by atoms with Gasteiger partial charge >= 0.3 is 33.8 Å². The zero-order valence-corrected chi connectivity index (χ0v) is 49.7. The summed E-state index contributed by atoms with van der Waals surface area (Å²) in [5, 5.41) is 14.9. The first kappa shape index (κ1) is 73.5. The van der Waals surface area contributed by atoms with E-state index in [1.54, 1.807) is 20.9 Å². The van der Waals surface area contributed by atoms with E-state index in [4.69, 9.17) is 54.5 Å². The molecule has 32 nitrogen and oxygen atoms in total. The second kappa shape index (κ2) is 35.2. The van der Waals surface area contributed by atoms with Gasteiger partial charge in [0.05, 0.1) is 23.3 Å². The van der Waals surface area contributed by atoms with Crippen LogP contribution < -0.4 is 20.0 Å². The number of azo groups is 1. The van der Waals surface area contributed by atoms with Crippen molar-refractivity contribution in [3.63, 3.8) is 0 Å². The van der Waals surface area contributed by atoms with Crippen molar-refractivity contribution in [3.05, 3.63) is 22.4 Å². The number of anilines is 1. The molecule has 4 amide bonds. The van der Waals surface area contributed by atoms with E-state index in [0.29, 0.717) is 39.1 Å². The monoisotopic (exact) mass is 1300 g/mol. The molecule has 45 heteroatoms. The van der Waals surface area contributed by atoms with Crippen LogP contribution in [0.5, 0.6) is 0 Å². The van der Waals surface area contributed by atoms with Gasteiger partial charge in [-0.1, -0.05) is 0 Å². The van der Waals surface area contributed by atoms with Crippen molar-refractivity contribution in [2.24, 2.45) is 10.2 Å². The molecule has 2 fully saturated rings. The van der Waals surface area contributed by atoms with Crippen LogP contribution >= 0.6 is 90.9 Å². The third kappa shape index (κ3) is 30.7. The molecule has 5 N–H and O–H groups in total. The minimum absolute atomic E-state index is 0. The van der Waals surface area contributed by atoms with Gasteiger partial charge in [-0.2, -0.15) is 47.5 Å². The number of diazo groups is 1. The number of carbonyl (C=O) groups is 6. The van der Waals surface area contributed by atoms with Gasteiger partial charge in [0.1, 0.15) is 18.1 Å². The first-order valence-electron chi connectivity index (χ1n) is 16.8. The number of hydrogen-bond acceptors (Lipinski definition) is 28. The van der Waals surface area contributed by atoms with E-state index in [0.717, 1.165) is 57.1 Å². The number of aromatic nitrogens is 6. The molecule has 0 unspecified atom stereocenters. The van der Waals surface area contributed by atoms with Crippen LogP contribution in [0.1, 0.15) is 30.3 Å². The summed E-state index contributed by atoms with van der Waals surface area (Å²) >= 11 is 17.5. The third-order valence-corrected chi connectivity index (χ3v) is 13.1. The molecule has 5 rings (SSSR count). The Balaban J connectivity index is -0.000000379. The average molecular weight is 1310 g/mol. The van der Waals surface area contributed by atoms with E-state index in [1.807, 2.05) is 6.92 Å². The Morgan fingerprint density at radius 2 is 1.11 bits per heavy atom. The summed E-state index contributed by atoms with van der Waals surface area (Å²) in [6, 6.07) is -1.53. The van der Waals surface area contributed by atoms with Crippen molar-refractivity contribution in [2.75, 3.05) is 55.1 Å². The molecular weight excluding hydrogens is 1270 g/mol. The van der Waals surface area contributed by atoms with Crippen LogP contribution in [0, 0.1) is 26.2 Å². The third-order valence-electron chi connectivity index (χ3n) is 6.21. The van der Waals surface area contributed by atoms with Gasteiger partial charge in [-0.15, -0.1) is 9.49 Å². The standard InChI is InChI=1S/C8H10N6O4S2.C5H8N2O4S.C3H2Cl2O2.C3H3N4S.C3H5N3S.C2H8N2O2S.CH4ClN.Cl2O2S.Y/c1-4-9-8(19-12-4)11-10-5-6(15)13(2)20(17,18)14(3)7(5)16;1-6-4(8)3-5(9)7(2)12(6,10)11;4-2(6)1-3(5)7;1-2-5-3(6-4)8-7-2;1-2-5-3(4)7-6-2;1-3-7(5,6)4-2;1-3-2;1-5(2,3)4;/h5H,1-3H3;3H2,1-2H3;1H2;1H3;1H3,(H2,4,5,6);3-4H,1-2H3;3H,1H3;;/q;;;+1;;;;;. The molecule has 2 aliphatic rings. The number of nitrogen functional groups attached to an aromatic ring is 1. The number of nitrogens with two attached hydrogens (primary N) is 1. The molecule has 0 saturated carbocycles. The Bertz CT molecular complexity index is 2640. The largest absolute Gasteiger partial charge is 0.542 e. The molecule has 0 aromatic carbocycles. The van der Waals surface area contributed by atoms with Crippen LogP contribution in [0.15, 0.2) is 10.2 Å². The van der Waals surface area contributed by atoms with Crippen LogP contribution in [0.4, 0.5) is 15.4 Å². The summed E-state index contributed by atoms with van der Waals surface area (Å²) in [6.07, 6.45) is -0.769. The maximum absolute atomic E-state index is 11.8. The van der Waals surface area contributed by atoms with Gasteiger partial charge in [0.25, 0.3) is 27.8 Å². The molecule has 3 aromatic heterocycles. The Labute approximate surface area is 462 Å². The first-order valence-corrected chi connectivity index (χ1v) is 27.7. The van der Waals surface area contributed by atoms with E-state index in [9.17, 15) is 54.0 Å². The van der Waals surface area contributed by atoms with Crippen LogP contribution in [0.25, 0.3) is 4.98 Å². The molecule has 1 radical (unpaired) electrons. The molecule has 0 spiro atoms. The topological polar surface area (TPSA) is 444 Å². The average Bonchev–Trinajstić information content (AvgIpc) is 3.98. The van der Waals surface area contributed by atoms with Gasteiger partial charge in [-0.25, -0.2) is 41.5 Å². The summed E-state index contributed by atoms with van der Waals surface area (Å²) in [7, 11) is 2.35. The molecule has 0 aliphatic carbocycles. The van der Waals surface area contributed by atoms with Gasteiger partial charge in [0.2, 0.25) is 33.5 Å². The number of carbonyl (C=O) groups excluding carboxylic acids is 6. The minimum Gasteiger partial charge on any atom is -0.374 e. The molecule has 0 atom stereocenters. The summed E-state index contributed by atoms with van der Waals surface area (Å²) < 4.78 is 102. The summed E-state index contributed by atoms with van der Waals surface area (Å²) in [5.41, 5.74) is 5.22. The number of halogens is 5. The first-order chi connectivity index (χ1) is 31.4. The number of aryl methyl sites for hydroxylation is 3. The van der Waals surface area contributed by atoms with Crippen molar-refractivity contribution in [1.29, 1.82) is 5.39 Å². The number of rotatable bonds is 6. The van der Waals surface area contributed by atoms with Crippen molar-refractivity contribution in [2.45, 2.75) is 39.7 Å². The van der Waals surface area contributed by atoms with Crippen molar-refractivity contribution in [3.8, 4) is 0 Å². The van der Waals surface area contributed by atoms with E-state index in [2.05, 4.69) is 78.9 Å². The summed E-state index contributed by atoms with van der Waals surface area (Å²) in [4.78, 5) is 81.3. The fourth-order valence-electron chi connectivity index (χ4n) is 3.04. The van der Waals surface area contributed by atoms with Crippen molar-refractivity contribution >= 4 is 179 Å². The Morgan fingerprint density at radius 1 is 0.757 bits per heavy atom. The van der Waals surface area contributed by atoms with Crippen LogP contribution in [-0.2, 0) is 100 Å². The predicted octanol–water partition coefficient (Wildman–Crippen LogP) is 0.429. The van der Waals surface area contributed by atoms with Crippen LogP contribution in [0.3, 0.4) is 0 Å². The summed E-state index contributed by atoms with van der Waals surface area (Å²) in [5.74, 6) is -1.43. The number of amides is 4. The summed E-state index contributed by atoms with van der Waals surface area (Å²) in [6.45, 7) is 5.21. The quantitative estimate of drug-likeness (QED) is 0.0854. The fraction of sp³-hybridized carbons (Fsp3) is 0.520. The second-order valence-corrected chi connectivity index (χ2v) is 24.0. The maximum Gasteiger partial charge on any atom is 0.542 e. The second-order valence-electron chi connectivity index (χ2n) is 11.0. The number of likely N-dealkylation sites (N-methyl/N-ethyl adjacent to an activating group) is 2. The predicted molar refractivity (Wildman–Crippen MR) is 254 cm³/mol. The van der Waals surface area contributed by atoms with Gasteiger partial charge in [0.15, 0.2) is 5.13 Å². The van der Waals surface area contributed by atoms with E-state index in [1.165, 1.54) is 25.6 Å². The molecule has 5 heterocycles. The SMILES string of the molecule is CN1C(=O)CC(=O)N(C)S1(=O)=O.CNCl.CNS(=O)(=O)NC.Cc1nsc(N)n1.Cc1nsc(N=NC2C(=O)N(C)S(=O)(=O)N(C)C2=O)n1.Cc1nsc([N+]#N)n1.O=C(Cl)CC(=O)Cl.O=S(=O)(Cl)Cl.[Y]. The van der Waals surface area contributed by atoms with Gasteiger partial charge in [-0.05, 0) is 55.9 Å². The molecule has 3 aromatic rings. The molecule has 2 saturated heterocycles. The van der Waals surface area contributed by atoms with Crippen LogP contribution in [-0.4, -0.2) is 168 Å². The molecule has 393 valence electrons. The van der Waals surface area contributed by atoms with E-state index >= 15 is 0 Å². The Hall–Kier alpha value is -3.05. The number of nitrogens with one attached hydrogen (secondary N) is 3. The molecule has 70 heavy (non-hydrogen) atoms. The smallest absolute Gasteiger partial charge is 0.374 e. The Kier molecular flexibility index (Phi) is 36.9. The number of nitrogens with zero attached hydrogens (tertiary/aromatic N) is 14. The molecular formula is C25H40Cl5N18O14S7Y+. The van der Waals surface area contributed by atoms with Crippen LogP contribution in [0.2, 0.25) is 0 Å². The van der Waals surface area contributed by atoms with Gasteiger partial charge in [-0.3, -0.25) is 28.8 Å². The molecule has 0 bridgehead atoms. The zero-order chi connectivity index (χ0) is 54.8. The van der Waals surface area contributed by atoms with Gasteiger partial charge < -0.3 is 5.73 Å². The van der Waals surface area contributed by atoms with Crippen molar-refractivity contribution in [1.82, 2.24) is 59.6 Å². The zero-order valence-electron chi connectivity index (χ0n) is 37.4. The van der Waals surface area contributed by atoms with Gasteiger partial charge in [0, 0.05) is 136 Å².